The van der Waals surface area contributed by atoms with Gasteiger partial charge in [0.25, 0.3) is 0 Å². The smallest absolute Gasteiger partial charge is 0.408 e. The SMILES string of the molecule is CCOB(/C=C/c1ccc(C)cc1)OCC. The Kier molecular flexibility index (Phi) is 5.90. The van der Waals surface area contributed by atoms with Crippen LogP contribution in [0.1, 0.15) is 25.0 Å². The van der Waals surface area contributed by atoms with Crippen LogP contribution >= 0.6 is 0 Å². The molecular weight excluding hydrogens is 199 g/mol. The van der Waals surface area contributed by atoms with Crippen molar-refractivity contribution < 1.29 is 9.31 Å². The molecule has 0 saturated carbocycles. The summed E-state index contributed by atoms with van der Waals surface area (Å²) in [5.41, 5.74) is 2.43. The molecule has 86 valence electrons. The van der Waals surface area contributed by atoms with Gasteiger partial charge in [-0.3, -0.25) is 0 Å². The van der Waals surface area contributed by atoms with Gasteiger partial charge in [-0.25, -0.2) is 0 Å². The van der Waals surface area contributed by atoms with Crippen LogP contribution in [0.15, 0.2) is 30.2 Å². The Bertz CT molecular complexity index is 313. The van der Waals surface area contributed by atoms with Crippen molar-refractivity contribution >= 4 is 13.2 Å². The van der Waals surface area contributed by atoms with Crippen LogP contribution < -0.4 is 0 Å². The lowest BCUT2D eigenvalue weighted by Crippen LogP contribution is -2.20. The van der Waals surface area contributed by atoms with Gasteiger partial charge in [-0.05, 0) is 26.3 Å². The average molecular weight is 218 g/mol. The van der Waals surface area contributed by atoms with Crippen LogP contribution in [0.4, 0.5) is 0 Å². The lowest BCUT2D eigenvalue weighted by molar-refractivity contribution is 0.224. The lowest BCUT2D eigenvalue weighted by Gasteiger charge is -2.07. The first kappa shape index (κ1) is 13.0. The maximum Gasteiger partial charge on any atom is 0.486 e. The summed E-state index contributed by atoms with van der Waals surface area (Å²) in [6, 6.07) is 8.35. The highest BCUT2D eigenvalue weighted by Crippen LogP contribution is 2.06. The fourth-order valence-corrected chi connectivity index (χ4v) is 1.35. The van der Waals surface area contributed by atoms with Gasteiger partial charge in [0.05, 0.1) is 0 Å². The largest absolute Gasteiger partial charge is 0.486 e. The zero-order valence-electron chi connectivity index (χ0n) is 10.3. The Hall–Kier alpha value is -1.06. The molecule has 0 saturated heterocycles. The molecule has 0 bridgehead atoms. The van der Waals surface area contributed by atoms with E-state index in [9.17, 15) is 0 Å². The van der Waals surface area contributed by atoms with Gasteiger partial charge in [-0.1, -0.05) is 41.9 Å². The first-order chi connectivity index (χ1) is 7.76. The molecule has 2 nitrogen and oxygen atoms in total. The van der Waals surface area contributed by atoms with Gasteiger partial charge in [-0.2, -0.15) is 0 Å². The highest BCUT2D eigenvalue weighted by atomic mass is 16.6. The average Bonchev–Trinajstić information content (AvgIpc) is 2.29. The topological polar surface area (TPSA) is 18.5 Å². The van der Waals surface area contributed by atoms with Crippen LogP contribution in [0.2, 0.25) is 0 Å². The summed E-state index contributed by atoms with van der Waals surface area (Å²) in [5, 5.41) is 0. The molecule has 0 N–H and O–H groups in total. The molecule has 0 atom stereocenters. The molecule has 0 spiro atoms. The van der Waals surface area contributed by atoms with E-state index in [2.05, 4.69) is 31.2 Å². The van der Waals surface area contributed by atoms with Gasteiger partial charge in [0.2, 0.25) is 0 Å². The Morgan fingerprint density at radius 2 is 1.62 bits per heavy atom. The molecule has 1 aromatic carbocycles. The highest BCUT2D eigenvalue weighted by molar-refractivity contribution is 6.51. The summed E-state index contributed by atoms with van der Waals surface area (Å²) in [5.74, 6) is 1.94. The number of rotatable bonds is 6. The number of benzene rings is 1. The van der Waals surface area contributed by atoms with E-state index < -0.39 is 0 Å². The molecule has 16 heavy (non-hydrogen) atoms. The second-order valence-corrected chi connectivity index (χ2v) is 3.55. The zero-order valence-corrected chi connectivity index (χ0v) is 10.3. The third-order valence-corrected chi connectivity index (χ3v) is 2.19. The highest BCUT2D eigenvalue weighted by Gasteiger charge is 2.11. The molecule has 3 heteroatoms. The minimum Gasteiger partial charge on any atom is -0.408 e. The van der Waals surface area contributed by atoms with Crippen molar-refractivity contribution in [3.63, 3.8) is 0 Å². The van der Waals surface area contributed by atoms with Crippen LogP contribution in [-0.4, -0.2) is 20.3 Å². The summed E-state index contributed by atoms with van der Waals surface area (Å²) in [7, 11) is -0.240. The fraction of sp³-hybridized carbons (Fsp3) is 0.385. The zero-order chi connectivity index (χ0) is 11.8. The molecule has 0 aromatic heterocycles. The van der Waals surface area contributed by atoms with Gasteiger partial charge >= 0.3 is 7.12 Å². The first-order valence-electron chi connectivity index (χ1n) is 5.74. The second kappa shape index (κ2) is 7.26. The van der Waals surface area contributed by atoms with Crippen molar-refractivity contribution in [2.45, 2.75) is 20.8 Å². The van der Waals surface area contributed by atoms with Crippen molar-refractivity contribution in [1.29, 1.82) is 0 Å². The molecule has 0 fully saturated rings. The molecule has 1 aromatic rings. The van der Waals surface area contributed by atoms with E-state index in [-0.39, 0.29) is 7.12 Å². The Morgan fingerprint density at radius 1 is 1.06 bits per heavy atom. The van der Waals surface area contributed by atoms with E-state index in [0.29, 0.717) is 13.2 Å². The van der Waals surface area contributed by atoms with Crippen molar-refractivity contribution in [2.24, 2.45) is 0 Å². The van der Waals surface area contributed by atoms with E-state index in [1.807, 2.05) is 25.9 Å². The predicted octanol–water partition coefficient (Wildman–Crippen LogP) is 3.11. The summed E-state index contributed by atoms with van der Waals surface area (Å²) < 4.78 is 10.8. The Labute approximate surface area is 98.4 Å². The van der Waals surface area contributed by atoms with Crippen molar-refractivity contribution in [1.82, 2.24) is 0 Å². The maximum atomic E-state index is 5.42. The molecule has 0 aliphatic rings. The van der Waals surface area contributed by atoms with Gasteiger partial charge in [-0.15, -0.1) is 0 Å². The minimum absolute atomic E-state index is 0.240. The quantitative estimate of drug-likeness (QED) is 0.683. The monoisotopic (exact) mass is 218 g/mol. The van der Waals surface area contributed by atoms with Crippen LogP contribution in [0.5, 0.6) is 0 Å². The van der Waals surface area contributed by atoms with Crippen molar-refractivity contribution in [3.8, 4) is 0 Å². The molecular formula is C13H19BO2. The van der Waals surface area contributed by atoms with E-state index in [0.717, 1.165) is 5.56 Å². The third kappa shape index (κ3) is 4.64. The van der Waals surface area contributed by atoms with Gasteiger partial charge in [0.15, 0.2) is 0 Å². The number of aryl methyl sites for hydroxylation is 1. The lowest BCUT2D eigenvalue weighted by atomic mass is 9.88. The third-order valence-electron chi connectivity index (χ3n) is 2.19. The Morgan fingerprint density at radius 3 is 2.12 bits per heavy atom. The number of hydrogen-bond donors (Lipinski definition) is 0. The van der Waals surface area contributed by atoms with E-state index in [1.165, 1.54) is 5.56 Å². The number of hydrogen-bond acceptors (Lipinski definition) is 2. The molecule has 0 aliphatic heterocycles. The van der Waals surface area contributed by atoms with Gasteiger partial charge < -0.3 is 9.31 Å². The molecule has 0 radical (unpaired) electrons. The molecule has 0 unspecified atom stereocenters. The minimum atomic E-state index is -0.240. The summed E-state index contributed by atoms with van der Waals surface area (Å²) in [6.45, 7) is 7.32. The normalized spacial score (nSPS) is 10.9. The van der Waals surface area contributed by atoms with E-state index >= 15 is 0 Å². The Balaban J connectivity index is 2.58. The van der Waals surface area contributed by atoms with Gasteiger partial charge in [0, 0.05) is 13.2 Å². The summed E-state index contributed by atoms with van der Waals surface area (Å²) in [4.78, 5) is 0. The maximum absolute atomic E-state index is 5.42. The second-order valence-electron chi connectivity index (χ2n) is 3.55. The van der Waals surface area contributed by atoms with Crippen LogP contribution in [0.25, 0.3) is 6.08 Å². The summed E-state index contributed by atoms with van der Waals surface area (Å²) in [6.07, 6.45) is 2.02. The predicted molar refractivity (Wildman–Crippen MR) is 69.2 cm³/mol. The van der Waals surface area contributed by atoms with Crippen LogP contribution in [-0.2, 0) is 9.31 Å². The fourth-order valence-electron chi connectivity index (χ4n) is 1.35. The van der Waals surface area contributed by atoms with Gasteiger partial charge in [0.1, 0.15) is 0 Å². The summed E-state index contributed by atoms with van der Waals surface area (Å²) >= 11 is 0. The van der Waals surface area contributed by atoms with E-state index in [4.69, 9.17) is 9.31 Å². The van der Waals surface area contributed by atoms with Crippen LogP contribution in [0.3, 0.4) is 0 Å². The molecule has 0 amide bonds. The van der Waals surface area contributed by atoms with E-state index in [1.54, 1.807) is 0 Å². The van der Waals surface area contributed by atoms with Crippen molar-refractivity contribution in [3.05, 3.63) is 41.4 Å². The molecule has 0 heterocycles. The van der Waals surface area contributed by atoms with Crippen LogP contribution in [0, 0.1) is 6.92 Å². The first-order valence-corrected chi connectivity index (χ1v) is 5.74. The molecule has 0 aliphatic carbocycles. The standard InChI is InChI=1S/C13H19BO2/c1-4-15-14(16-5-2)11-10-13-8-6-12(3)7-9-13/h6-11H,4-5H2,1-3H3/b11-10+. The van der Waals surface area contributed by atoms with Crippen molar-refractivity contribution in [2.75, 3.05) is 13.2 Å². The molecule has 1 rings (SSSR count).